The predicted molar refractivity (Wildman–Crippen MR) is 117 cm³/mol. The average molecular weight is 494 g/mol. The fraction of sp³-hybridized carbons (Fsp3) is 0.895. The Balaban J connectivity index is 0.00000261. The topological polar surface area (TPSA) is 75.2 Å². The third-order valence-electron chi connectivity index (χ3n) is 5.79. The zero-order valence-electron chi connectivity index (χ0n) is 16.6. The maximum Gasteiger partial charge on any atom is 0.243 e. The van der Waals surface area contributed by atoms with Crippen LogP contribution in [0.25, 0.3) is 0 Å². The summed E-state index contributed by atoms with van der Waals surface area (Å²) in [6.07, 6.45) is 7.45. The van der Waals surface area contributed by atoms with E-state index in [1.165, 1.54) is 25.7 Å². The molecule has 156 valence electrons. The molecule has 3 rings (SSSR count). The molecule has 1 aliphatic heterocycles. The second-order valence-electron chi connectivity index (χ2n) is 8.02. The Bertz CT molecular complexity index is 497. The molecule has 27 heavy (non-hydrogen) atoms. The first-order chi connectivity index (χ1) is 12.6. The van der Waals surface area contributed by atoms with Crippen molar-refractivity contribution < 1.29 is 14.3 Å². The van der Waals surface area contributed by atoms with E-state index >= 15 is 0 Å². The van der Waals surface area contributed by atoms with Gasteiger partial charge in [0.2, 0.25) is 5.91 Å². The summed E-state index contributed by atoms with van der Waals surface area (Å²) in [4.78, 5) is 18.0. The number of halogens is 1. The highest BCUT2D eigenvalue weighted by atomic mass is 127. The van der Waals surface area contributed by atoms with Gasteiger partial charge in [-0.25, -0.2) is 4.99 Å². The number of likely N-dealkylation sites (N-methyl/N-ethyl adjacent to an activating group) is 1. The lowest BCUT2D eigenvalue weighted by atomic mass is 9.95. The van der Waals surface area contributed by atoms with E-state index in [-0.39, 0.29) is 42.5 Å². The summed E-state index contributed by atoms with van der Waals surface area (Å²) < 4.78 is 11.1. The number of carbonyl (C=O) groups excluding carboxylic acids is 1. The largest absolute Gasteiger partial charge is 0.379 e. The molecule has 4 atom stereocenters. The van der Waals surface area contributed by atoms with Crippen LogP contribution >= 0.6 is 24.0 Å². The van der Waals surface area contributed by atoms with Crippen molar-refractivity contribution in [3.8, 4) is 0 Å². The molecule has 0 aromatic rings. The van der Waals surface area contributed by atoms with Crippen LogP contribution in [0.15, 0.2) is 4.99 Å². The number of hydrogen-bond donors (Lipinski definition) is 2. The van der Waals surface area contributed by atoms with Gasteiger partial charge >= 0.3 is 0 Å². The molecule has 0 aromatic heterocycles. The van der Waals surface area contributed by atoms with Crippen molar-refractivity contribution in [2.45, 2.75) is 50.7 Å². The van der Waals surface area contributed by atoms with Crippen LogP contribution in [0.3, 0.4) is 0 Å². The Morgan fingerprint density at radius 2 is 2.11 bits per heavy atom. The van der Waals surface area contributed by atoms with Crippen LogP contribution in [0.5, 0.6) is 0 Å². The van der Waals surface area contributed by atoms with Crippen LogP contribution in [-0.4, -0.2) is 75.9 Å². The van der Waals surface area contributed by atoms with E-state index in [2.05, 4.69) is 15.6 Å². The molecule has 2 aliphatic carbocycles. The number of aliphatic imine (C=N–C) groups is 1. The predicted octanol–water partition coefficient (Wildman–Crippen LogP) is 1.61. The number of amides is 1. The highest BCUT2D eigenvalue weighted by Gasteiger charge is 2.39. The van der Waals surface area contributed by atoms with Crippen molar-refractivity contribution in [1.82, 2.24) is 15.5 Å². The highest BCUT2D eigenvalue weighted by Crippen LogP contribution is 2.44. The van der Waals surface area contributed by atoms with Gasteiger partial charge in [-0.1, -0.05) is 6.42 Å². The third-order valence-corrected chi connectivity index (χ3v) is 5.79. The number of hydrogen-bond acceptors (Lipinski definition) is 4. The van der Waals surface area contributed by atoms with Gasteiger partial charge in [0.15, 0.2) is 5.96 Å². The van der Waals surface area contributed by atoms with E-state index < -0.39 is 0 Å². The van der Waals surface area contributed by atoms with Gasteiger partial charge in [-0.3, -0.25) is 4.79 Å². The number of carbonyl (C=O) groups is 1. The van der Waals surface area contributed by atoms with Gasteiger partial charge in [0.05, 0.1) is 12.7 Å². The number of rotatable bonds is 8. The Labute approximate surface area is 180 Å². The van der Waals surface area contributed by atoms with Crippen LogP contribution < -0.4 is 10.6 Å². The van der Waals surface area contributed by atoms with E-state index in [1.54, 1.807) is 19.0 Å². The average Bonchev–Trinajstić information content (AvgIpc) is 3.36. The van der Waals surface area contributed by atoms with Gasteiger partial charge in [0, 0.05) is 39.9 Å². The summed E-state index contributed by atoms with van der Waals surface area (Å²) in [6, 6.07) is 0.501. The lowest BCUT2D eigenvalue weighted by Crippen LogP contribution is -2.46. The van der Waals surface area contributed by atoms with Gasteiger partial charge in [-0.2, -0.15) is 0 Å². The Morgan fingerprint density at radius 1 is 1.26 bits per heavy atom. The SMILES string of the molecule is CN(C)C(=O)CN=C(NCCCOC1CCOC1)NC1CC2CCC1C2.I. The molecule has 8 heteroatoms. The molecule has 7 nitrogen and oxygen atoms in total. The monoisotopic (exact) mass is 494 g/mol. The Hall–Kier alpha value is -0.610. The molecule has 0 aromatic carbocycles. The fourth-order valence-electron chi connectivity index (χ4n) is 4.21. The van der Waals surface area contributed by atoms with E-state index in [4.69, 9.17) is 9.47 Å². The maximum absolute atomic E-state index is 11.9. The summed E-state index contributed by atoms with van der Waals surface area (Å²) in [6.45, 7) is 3.22. The van der Waals surface area contributed by atoms with Crippen molar-refractivity contribution in [1.29, 1.82) is 0 Å². The second kappa shape index (κ2) is 11.4. The van der Waals surface area contributed by atoms with Crippen molar-refractivity contribution in [2.75, 3.05) is 47.0 Å². The van der Waals surface area contributed by atoms with Crippen LogP contribution in [-0.2, 0) is 14.3 Å². The van der Waals surface area contributed by atoms with Crippen LogP contribution in [0.2, 0.25) is 0 Å². The minimum atomic E-state index is 0. The quantitative estimate of drug-likeness (QED) is 0.232. The summed E-state index contributed by atoms with van der Waals surface area (Å²) in [5.74, 6) is 2.43. The lowest BCUT2D eigenvalue weighted by molar-refractivity contribution is -0.127. The third kappa shape index (κ3) is 7.05. The van der Waals surface area contributed by atoms with Crippen LogP contribution in [0.4, 0.5) is 0 Å². The molecule has 1 amide bonds. The van der Waals surface area contributed by atoms with E-state index in [0.717, 1.165) is 57.0 Å². The molecule has 2 bridgehead atoms. The molecule has 1 heterocycles. The molecule has 4 unspecified atom stereocenters. The highest BCUT2D eigenvalue weighted by molar-refractivity contribution is 14.0. The first kappa shape index (κ1) is 22.7. The van der Waals surface area contributed by atoms with Crippen molar-refractivity contribution >= 4 is 35.8 Å². The molecule has 2 N–H and O–H groups in total. The zero-order valence-corrected chi connectivity index (χ0v) is 18.9. The summed E-state index contributed by atoms with van der Waals surface area (Å²) in [5, 5.41) is 6.96. The van der Waals surface area contributed by atoms with Gasteiger partial charge < -0.3 is 25.0 Å². The first-order valence-corrected chi connectivity index (χ1v) is 10.1. The van der Waals surface area contributed by atoms with Gasteiger partial charge in [0.1, 0.15) is 6.54 Å². The smallest absolute Gasteiger partial charge is 0.243 e. The van der Waals surface area contributed by atoms with Gasteiger partial charge in [-0.05, 0) is 43.9 Å². The molecule has 3 aliphatic rings. The van der Waals surface area contributed by atoms with Gasteiger partial charge in [0.25, 0.3) is 0 Å². The normalized spacial score (nSPS) is 29.5. The summed E-state index contributed by atoms with van der Waals surface area (Å²) in [7, 11) is 3.52. The Morgan fingerprint density at radius 3 is 2.74 bits per heavy atom. The zero-order chi connectivity index (χ0) is 18.4. The van der Waals surface area contributed by atoms with Crippen LogP contribution in [0, 0.1) is 11.8 Å². The standard InChI is InChI=1S/C19H34N4O3.HI/c1-23(2)18(24)12-21-19(22-17-11-14-4-5-15(17)10-14)20-7-3-8-26-16-6-9-25-13-16;/h14-17H,3-13H2,1-2H3,(H2,20,21,22);1H. The maximum atomic E-state index is 11.9. The number of ether oxygens (including phenoxy) is 2. The molecular formula is C19H35IN4O3. The van der Waals surface area contributed by atoms with Crippen molar-refractivity contribution in [3.05, 3.63) is 0 Å². The molecule has 0 radical (unpaired) electrons. The minimum Gasteiger partial charge on any atom is -0.379 e. The molecule has 2 saturated carbocycles. The second-order valence-corrected chi connectivity index (χ2v) is 8.02. The lowest BCUT2D eigenvalue weighted by Gasteiger charge is -2.25. The van der Waals surface area contributed by atoms with E-state index in [1.807, 2.05) is 0 Å². The summed E-state index contributed by atoms with van der Waals surface area (Å²) in [5.41, 5.74) is 0. The number of guanidine groups is 1. The fourth-order valence-corrected chi connectivity index (χ4v) is 4.21. The van der Waals surface area contributed by atoms with Crippen molar-refractivity contribution in [2.24, 2.45) is 16.8 Å². The summed E-state index contributed by atoms with van der Waals surface area (Å²) >= 11 is 0. The van der Waals surface area contributed by atoms with Crippen molar-refractivity contribution in [3.63, 3.8) is 0 Å². The molecule has 1 saturated heterocycles. The van der Waals surface area contributed by atoms with Crippen LogP contribution in [0.1, 0.15) is 38.5 Å². The first-order valence-electron chi connectivity index (χ1n) is 10.1. The molecule has 0 spiro atoms. The van der Waals surface area contributed by atoms with E-state index in [0.29, 0.717) is 6.04 Å². The molecular weight excluding hydrogens is 459 g/mol. The number of nitrogens with one attached hydrogen (secondary N) is 2. The van der Waals surface area contributed by atoms with Gasteiger partial charge in [-0.15, -0.1) is 24.0 Å². The number of fused-ring (bicyclic) bond motifs is 2. The minimum absolute atomic E-state index is 0. The Kier molecular flexibility index (Phi) is 9.58. The number of nitrogens with zero attached hydrogens (tertiary/aromatic N) is 2. The molecule has 3 fully saturated rings. The van der Waals surface area contributed by atoms with E-state index in [9.17, 15) is 4.79 Å².